The van der Waals surface area contributed by atoms with Gasteiger partial charge in [-0.1, -0.05) is 0 Å². The molecule has 2 heterocycles. The Balaban J connectivity index is 1.80. The molecule has 0 bridgehead atoms. The van der Waals surface area contributed by atoms with Crippen LogP contribution in [0.2, 0.25) is 0 Å². The Morgan fingerprint density at radius 3 is 2.67 bits per heavy atom. The second-order valence-corrected chi connectivity index (χ2v) is 7.10. The van der Waals surface area contributed by atoms with Crippen LogP contribution in [0.3, 0.4) is 0 Å². The van der Waals surface area contributed by atoms with Crippen LogP contribution < -0.4 is 5.32 Å². The Labute approximate surface area is 171 Å². The molecule has 1 N–H and O–H groups in total. The van der Waals surface area contributed by atoms with Gasteiger partial charge in [-0.15, -0.1) is 0 Å². The zero-order chi connectivity index (χ0) is 21.9. The van der Waals surface area contributed by atoms with Gasteiger partial charge in [0.1, 0.15) is 18.2 Å². The lowest BCUT2D eigenvalue weighted by molar-refractivity contribution is -0.0328. The summed E-state index contributed by atoms with van der Waals surface area (Å²) in [4.78, 5) is 20.2. The van der Waals surface area contributed by atoms with Crippen molar-refractivity contribution >= 4 is 17.7 Å². The number of alkyl halides is 3. The van der Waals surface area contributed by atoms with E-state index < -0.39 is 39.9 Å². The molecule has 3 rings (SSSR count). The van der Waals surface area contributed by atoms with Crippen molar-refractivity contribution in [2.45, 2.75) is 23.4 Å². The first-order valence-corrected chi connectivity index (χ1v) is 9.11. The lowest BCUT2D eigenvalue weighted by Crippen LogP contribution is -2.29. The number of benzene rings is 1. The number of nitrogens with one attached hydrogen (secondary N) is 1. The van der Waals surface area contributed by atoms with Gasteiger partial charge in [-0.25, -0.2) is 14.4 Å². The van der Waals surface area contributed by atoms with Gasteiger partial charge >= 0.3 is 5.51 Å². The molecule has 1 atom stereocenters. The summed E-state index contributed by atoms with van der Waals surface area (Å²) in [5.41, 5.74) is -4.53. The molecule has 30 heavy (non-hydrogen) atoms. The molecule has 1 aromatic carbocycles. The topological polar surface area (TPSA) is 96.5 Å². The molecule has 0 fully saturated rings. The zero-order valence-electron chi connectivity index (χ0n) is 15.2. The van der Waals surface area contributed by atoms with Crippen LogP contribution in [-0.4, -0.2) is 31.2 Å². The maximum Gasteiger partial charge on any atom is 0.446 e. The summed E-state index contributed by atoms with van der Waals surface area (Å²) in [7, 11) is 0. The van der Waals surface area contributed by atoms with Crippen LogP contribution in [0.5, 0.6) is 0 Å². The number of amides is 1. The highest BCUT2D eigenvalue weighted by Gasteiger charge is 2.30. The summed E-state index contributed by atoms with van der Waals surface area (Å²) in [6.07, 6.45) is 2.58. The van der Waals surface area contributed by atoms with Crippen molar-refractivity contribution in [2.75, 3.05) is 0 Å². The molecule has 0 aliphatic carbocycles. The first kappa shape index (κ1) is 21.3. The van der Waals surface area contributed by atoms with Gasteiger partial charge in [-0.3, -0.25) is 4.79 Å². The number of thioether (sulfide) groups is 1. The number of rotatable bonds is 5. The fourth-order valence-corrected chi connectivity index (χ4v) is 3.16. The summed E-state index contributed by atoms with van der Waals surface area (Å²) < 4.78 is 52.7. The molecule has 0 spiro atoms. The first-order valence-electron chi connectivity index (χ1n) is 8.30. The molecule has 0 radical (unpaired) electrons. The van der Waals surface area contributed by atoms with E-state index in [4.69, 9.17) is 5.26 Å². The predicted octanol–water partition coefficient (Wildman–Crippen LogP) is 3.78. The molecule has 12 heteroatoms. The second-order valence-electron chi connectivity index (χ2n) is 5.97. The minimum atomic E-state index is -4.61. The highest BCUT2D eigenvalue weighted by atomic mass is 32.2. The normalized spacial score (nSPS) is 12.3. The smallest absolute Gasteiger partial charge is 0.342 e. The lowest BCUT2D eigenvalue weighted by Gasteiger charge is -2.15. The molecule has 0 saturated carbocycles. The van der Waals surface area contributed by atoms with Crippen LogP contribution in [0.15, 0.2) is 47.8 Å². The van der Waals surface area contributed by atoms with E-state index in [1.165, 1.54) is 23.3 Å². The highest BCUT2D eigenvalue weighted by molar-refractivity contribution is 8.00. The number of aromatic nitrogens is 4. The Bertz CT molecular complexity index is 1110. The summed E-state index contributed by atoms with van der Waals surface area (Å²) in [6, 6.07) is 6.77. The lowest BCUT2D eigenvalue weighted by atomic mass is 10.2. The van der Waals surface area contributed by atoms with Crippen molar-refractivity contribution in [3.8, 4) is 11.9 Å². The molecule has 0 saturated heterocycles. The highest BCUT2D eigenvalue weighted by Crippen LogP contribution is 2.37. The standard InChI is InChI=1S/C18H12F4N6OS/c1-10(16-25-9-26-28(16)15-3-2-11(7-23)8-24-15)27-17(29)12-4-13(19)6-14(5-12)30-18(20,21)22/h2-6,8-10H,1H3,(H,27,29)/t10-/m0/s1. The quantitative estimate of drug-likeness (QED) is 0.483. The van der Waals surface area contributed by atoms with Gasteiger partial charge in [0.05, 0.1) is 11.6 Å². The van der Waals surface area contributed by atoms with Crippen LogP contribution >= 0.6 is 11.8 Å². The van der Waals surface area contributed by atoms with E-state index in [-0.39, 0.29) is 11.4 Å². The van der Waals surface area contributed by atoms with Gasteiger partial charge in [0, 0.05) is 16.7 Å². The third kappa shape index (κ3) is 5.12. The third-order valence-electron chi connectivity index (χ3n) is 3.77. The van der Waals surface area contributed by atoms with Crippen molar-refractivity contribution in [3.63, 3.8) is 0 Å². The van der Waals surface area contributed by atoms with Gasteiger partial charge in [0.25, 0.3) is 5.91 Å². The Hall–Kier alpha value is -3.46. The van der Waals surface area contributed by atoms with Gasteiger partial charge in [0.15, 0.2) is 11.6 Å². The van der Waals surface area contributed by atoms with Crippen molar-refractivity contribution in [1.29, 1.82) is 5.26 Å². The zero-order valence-corrected chi connectivity index (χ0v) is 16.0. The maximum atomic E-state index is 13.7. The molecule has 0 aliphatic rings. The molecular weight excluding hydrogens is 424 g/mol. The number of nitriles is 1. The molecule has 2 aromatic heterocycles. The molecule has 7 nitrogen and oxygen atoms in total. The van der Waals surface area contributed by atoms with E-state index in [0.717, 1.165) is 12.1 Å². The predicted molar refractivity (Wildman–Crippen MR) is 98.1 cm³/mol. The largest absolute Gasteiger partial charge is 0.446 e. The van der Waals surface area contributed by atoms with E-state index in [9.17, 15) is 22.4 Å². The molecule has 1 amide bonds. The van der Waals surface area contributed by atoms with E-state index in [2.05, 4.69) is 20.4 Å². The molecule has 154 valence electrons. The minimum absolute atomic E-state index is 0.267. The maximum absolute atomic E-state index is 13.7. The Morgan fingerprint density at radius 2 is 2.03 bits per heavy atom. The number of carbonyl (C=O) groups is 1. The van der Waals surface area contributed by atoms with E-state index in [1.807, 2.05) is 6.07 Å². The number of halogens is 4. The fraction of sp³-hybridized carbons (Fsp3) is 0.167. The van der Waals surface area contributed by atoms with Crippen molar-refractivity contribution < 1.29 is 22.4 Å². The molecule has 0 unspecified atom stereocenters. The van der Waals surface area contributed by atoms with E-state index >= 15 is 0 Å². The van der Waals surface area contributed by atoms with Crippen molar-refractivity contribution in [2.24, 2.45) is 0 Å². The van der Waals surface area contributed by atoms with Crippen molar-refractivity contribution in [1.82, 2.24) is 25.1 Å². The van der Waals surface area contributed by atoms with Gasteiger partial charge in [-0.2, -0.15) is 28.2 Å². The summed E-state index contributed by atoms with van der Waals surface area (Å²) in [5.74, 6) is -1.13. The SMILES string of the molecule is C[C@H](NC(=O)c1cc(F)cc(SC(F)(F)F)c1)c1ncnn1-c1ccc(C#N)cn1. The van der Waals surface area contributed by atoms with E-state index in [1.54, 1.807) is 13.0 Å². The summed E-state index contributed by atoms with van der Waals surface area (Å²) in [6.45, 7) is 1.58. The van der Waals surface area contributed by atoms with Gasteiger partial charge in [0.2, 0.25) is 0 Å². The van der Waals surface area contributed by atoms with Crippen LogP contribution in [-0.2, 0) is 0 Å². The minimum Gasteiger partial charge on any atom is -0.342 e. The third-order valence-corrected chi connectivity index (χ3v) is 4.47. The average Bonchev–Trinajstić information content (AvgIpc) is 3.16. The summed E-state index contributed by atoms with van der Waals surface area (Å²) >= 11 is -0.512. The molecule has 3 aromatic rings. The van der Waals surface area contributed by atoms with Crippen LogP contribution in [0.1, 0.15) is 34.7 Å². The van der Waals surface area contributed by atoms with Crippen LogP contribution in [0, 0.1) is 17.1 Å². The fourth-order valence-electron chi connectivity index (χ4n) is 2.53. The number of hydrogen-bond donors (Lipinski definition) is 1. The van der Waals surface area contributed by atoms with Crippen molar-refractivity contribution in [3.05, 3.63) is 65.6 Å². The van der Waals surface area contributed by atoms with Gasteiger partial charge < -0.3 is 5.32 Å². The number of hydrogen-bond acceptors (Lipinski definition) is 6. The van der Waals surface area contributed by atoms with Gasteiger partial charge in [-0.05, 0) is 49.0 Å². The Kier molecular flexibility index (Phi) is 6.02. The Morgan fingerprint density at radius 1 is 1.27 bits per heavy atom. The number of carbonyl (C=O) groups excluding carboxylic acids is 1. The average molecular weight is 436 g/mol. The monoisotopic (exact) mass is 436 g/mol. The second kappa shape index (κ2) is 8.50. The molecule has 0 aliphatic heterocycles. The number of nitrogens with zero attached hydrogens (tertiary/aromatic N) is 5. The summed E-state index contributed by atoms with van der Waals surface area (Å²) in [5, 5.41) is 15.4. The van der Waals surface area contributed by atoms with Crippen LogP contribution in [0.4, 0.5) is 17.6 Å². The number of pyridine rings is 1. The van der Waals surface area contributed by atoms with Crippen LogP contribution in [0.25, 0.3) is 5.82 Å². The molecular formula is C18H12F4N6OS. The first-order chi connectivity index (χ1) is 14.2. The van der Waals surface area contributed by atoms with E-state index in [0.29, 0.717) is 17.4 Å².